The van der Waals surface area contributed by atoms with Crippen molar-refractivity contribution in [2.45, 2.75) is 18.9 Å². The first kappa shape index (κ1) is 16.4. The number of anilines is 4. The van der Waals surface area contributed by atoms with Crippen molar-refractivity contribution in [3.8, 4) is 0 Å². The van der Waals surface area contributed by atoms with Crippen LogP contribution >= 0.6 is 0 Å². The van der Waals surface area contributed by atoms with E-state index in [-0.39, 0.29) is 0 Å². The van der Waals surface area contributed by atoms with E-state index in [4.69, 9.17) is 4.42 Å². The molecule has 2 aliphatic rings. The number of likely N-dealkylation sites (N-methyl/N-ethyl adjacent to an activating group) is 1. The first-order valence-corrected chi connectivity index (χ1v) is 9.57. The number of furan rings is 1. The van der Waals surface area contributed by atoms with Crippen molar-refractivity contribution in [2.24, 2.45) is 0 Å². The standard InChI is InChI=1S/C20H24N6O/c1-25-9-11-26(12-10-25)16-6-4-15(5-7-16)22-20-23-17-8-13-27-18(17)19(24-20)21-14-2-3-14/h4-8,13-14H,2-3,9-12H2,1H3,(H2,21,22,23,24). The maximum Gasteiger partial charge on any atom is 0.229 e. The SMILES string of the molecule is CN1CCN(c2ccc(Nc3nc(NC4CC4)c4occc4n3)cc2)CC1. The van der Waals surface area contributed by atoms with E-state index >= 15 is 0 Å². The highest BCUT2D eigenvalue weighted by Gasteiger charge is 2.23. The van der Waals surface area contributed by atoms with Gasteiger partial charge in [-0.3, -0.25) is 0 Å². The Kier molecular flexibility index (Phi) is 4.09. The first-order chi connectivity index (χ1) is 13.2. The van der Waals surface area contributed by atoms with Crippen LogP contribution in [0.15, 0.2) is 41.0 Å². The summed E-state index contributed by atoms with van der Waals surface area (Å²) in [5.41, 5.74) is 3.77. The van der Waals surface area contributed by atoms with Crippen LogP contribution in [0.4, 0.5) is 23.1 Å². The lowest BCUT2D eigenvalue weighted by Gasteiger charge is -2.34. The van der Waals surface area contributed by atoms with Crippen LogP contribution in [-0.2, 0) is 0 Å². The zero-order valence-electron chi connectivity index (χ0n) is 15.5. The quantitative estimate of drug-likeness (QED) is 0.720. The Hall–Kier alpha value is -2.80. The largest absolute Gasteiger partial charge is 0.459 e. The van der Waals surface area contributed by atoms with E-state index in [0.717, 1.165) is 48.8 Å². The lowest BCUT2D eigenvalue weighted by atomic mass is 10.2. The van der Waals surface area contributed by atoms with Gasteiger partial charge in [0.05, 0.1) is 6.26 Å². The third-order valence-corrected chi connectivity index (χ3v) is 5.21. The summed E-state index contributed by atoms with van der Waals surface area (Å²) in [5.74, 6) is 1.35. The molecule has 1 saturated carbocycles. The summed E-state index contributed by atoms with van der Waals surface area (Å²) >= 11 is 0. The van der Waals surface area contributed by atoms with E-state index < -0.39 is 0 Å². The molecule has 140 valence electrons. The lowest BCUT2D eigenvalue weighted by molar-refractivity contribution is 0.313. The number of piperazine rings is 1. The molecule has 1 aliphatic heterocycles. The van der Waals surface area contributed by atoms with Crippen molar-refractivity contribution in [1.29, 1.82) is 0 Å². The molecule has 0 amide bonds. The molecule has 3 heterocycles. The minimum absolute atomic E-state index is 0.504. The number of fused-ring (bicyclic) bond motifs is 1. The minimum atomic E-state index is 0.504. The third-order valence-electron chi connectivity index (χ3n) is 5.21. The zero-order chi connectivity index (χ0) is 18.2. The van der Waals surface area contributed by atoms with Crippen LogP contribution in [0.5, 0.6) is 0 Å². The number of hydrogen-bond donors (Lipinski definition) is 2. The minimum Gasteiger partial charge on any atom is -0.459 e. The van der Waals surface area contributed by atoms with Crippen LogP contribution in [0, 0.1) is 0 Å². The Bertz CT molecular complexity index is 925. The van der Waals surface area contributed by atoms with Gasteiger partial charge in [-0.25, -0.2) is 4.98 Å². The monoisotopic (exact) mass is 364 g/mol. The van der Waals surface area contributed by atoms with Gasteiger partial charge in [0.2, 0.25) is 5.95 Å². The Labute approximate surface area is 158 Å². The molecular formula is C20H24N6O. The van der Waals surface area contributed by atoms with Crippen molar-refractivity contribution >= 4 is 34.2 Å². The third kappa shape index (κ3) is 3.55. The van der Waals surface area contributed by atoms with Gasteiger partial charge in [-0.1, -0.05) is 0 Å². The van der Waals surface area contributed by atoms with Gasteiger partial charge in [0, 0.05) is 49.7 Å². The Balaban J connectivity index is 1.34. The molecule has 2 N–H and O–H groups in total. The van der Waals surface area contributed by atoms with E-state index in [1.165, 1.54) is 18.5 Å². The summed E-state index contributed by atoms with van der Waals surface area (Å²) in [5, 5.41) is 6.76. The molecule has 0 unspecified atom stereocenters. The molecule has 0 spiro atoms. The average Bonchev–Trinajstić information content (AvgIpc) is 3.37. The van der Waals surface area contributed by atoms with Gasteiger partial charge in [-0.05, 0) is 44.2 Å². The second-order valence-corrected chi connectivity index (χ2v) is 7.41. The maximum atomic E-state index is 5.55. The summed E-state index contributed by atoms with van der Waals surface area (Å²) in [6.07, 6.45) is 4.03. The summed E-state index contributed by atoms with van der Waals surface area (Å²) < 4.78 is 5.55. The molecule has 1 aromatic carbocycles. The van der Waals surface area contributed by atoms with E-state index in [0.29, 0.717) is 12.0 Å². The van der Waals surface area contributed by atoms with E-state index in [1.54, 1.807) is 6.26 Å². The number of benzene rings is 1. The highest BCUT2D eigenvalue weighted by Crippen LogP contribution is 2.30. The van der Waals surface area contributed by atoms with Crippen LogP contribution < -0.4 is 15.5 Å². The number of nitrogens with zero attached hydrogens (tertiary/aromatic N) is 4. The van der Waals surface area contributed by atoms with E-state index in [2.05, 4.69) is 61.7 Å². The number of rotatable bonds is 5. The Morgan fingerprint density at radius 3 is 2.52 bits per heavy atom. The first-order valence-electron chi connectivity index (χ1n) is 9.57. The summed E-state index contributed by atoms with van der Waals surface area (Å²) in [6, 6.07) is 10.9. The molecule has 7 nitrogen and oxygen atoms in total. The second-order valence-electron chi connectivity index (χ2n) is 7.41. The van der Waals surface area contributed by atoms with Crippen molar-refractivity contribution < 1.29 is 4.42 Å². The van der Waals surface area contributed by atoms with Crippen molar-refractivity contribution in [3.63, 3.8) is 0 Å². The van der Waals surface area contributed by atoms with Gasteiger partial charge in [-0.15, -0.1) is 0 Å². The summed E-state index contributed by atoms with van der Waals surface area (Å²) in [4.78, 5) is 14.0. The molecule has 2 aromatic heterocycles. The molecule has 0 radical (unpaired) electrons. The molecule has 0 bridgehead atoms. The Morgan fingerprint density at radius 1 is 1.00 bits per heavy atom. The smallest absolute Gasteiger partial charge is 0.229 e. The average molecular weight is 364 g/mol. The van der Waals surface area contributed by atoms with Gasteiger partial charge in [-0.2, -0.15) is 4.98 Å². The van der Waals surface area contributed by atoms with E-state index in [9.17, 15) is 0 Å². The van der Waals surface area contributed by atoms with Crippen LogP contribution in [0.25, 0.3) is 11.1 Å². The molecule has 2 fully saturated rings. The summed E-state index contributed by atoms with van der Waals surface area (Å²) in [7, 11) is 2.17. The highest BCUT2D eigenvalue weighted by atomic mass is 16.3. The fourth-order valence-corrected chi connectivity index (χ4v) is 3.39. The normalized spacial score (nSPS) is 18.0. The van der Waals surface area contributed by atoms with Crippen molar-refractivity contribution in [1.82, 2.24) is 14.9 Å². The number of hydrogen-bond acceptors (Lipinski definition) is 7. The van der Waals surface area contributed by atoms with Crippen LogP contribution in [0.2, 0.25) is 0 Å². The molecule has 3 aromatic rings. The number of nitrogens with one attached hydrogen (secondary N) is 2. The lowest BCUT2D eigenvalue weighted by Crippen LogP contribution is -2.44. The van der Waals surface area contributed by atoms with Gasteiger partial charge in [0.1, 0.15) is 5.52 Å². The maximum absolute atomic E-state index is 5.55. The number of aromatic nitrogens is 2. The molecule has 0 atom stereocenters. The highest BCUT2D eigenvalue weighted by molar-refractivity contribution is 5.85. The van der Waals surface area contributed by atoms with Gasteiger partial charge in [0.25, 0.3) is 0 Å². The van der Waals surface area contributed by atoms with Gasteiger partial charge in [0.15, 0.2) is 11.4 Å². The molecule has 27 heavy (non-hydrogen) atoms. The topological polar surface area (TPSA) is 69.5 Å². The van der Waals surface area contributed by atoms with Gasteiger partial charge < -0.3 is 24.9 Å². The van der Waals surface area contributed by atoms with E-state index in [1.807, 2.05) is 6.07 Å². The molecule has 1 saturated heterocycles. The summed E-state index contributed by atoms with van der Waals surface area (Å²) in [6.45, 7) is 4.35. The Morgan fingerprint density at radius 2 is 1.78 bits per heavy atom. The predicted octanol–water partition coefficient (Wildman–Crippen LogP) is 3.29. The predicted molar refractivity (Wildman–Crippen MR) is 108 cm³/mol. The van der Waals surface area contributed by atoms with Crippen molar-refractivity contribution in [2.75, 3.05) is 48.8 Å². The fourth-order valence-electron chi connectivity index (χ4n) is 3.39. The van der Waals surface area contributed by atoms with Gasteiger partial charge >= 0.3 is 0 Å². The van der Waals surface area contributed by atoms with Crippen molar-refractivity contribution in [3.05, 3.63) is 36.6 Å². The van der Waals surface area contributed by atoms with Crippen LogP contribution in [-0.4, -0.2) is 54.1 Å². The second kappa shape index (κ2) is 6.74. The molecule has 5 rings (SSSR count). The molecule has 1 aliphatic carbocycles. The molecular weight excluding hydrogens is 340 g/mol. The van der Waals surface area contributed by atoms with Crippen LogP contribution in [0.1, 0.15) is 12.8 Å². The van der Waals surface area contributed by atoms with Crippen LogP contribution in [0.3, 0.4) is 0 Å². The zero-order valence-corrected chi connectivity index (χ0v) is 15.5. The fraction of sp³-hybridized carbons (Fsp3) is 0.400. The molecule has 7 heteroatoms.